The molecule has 39 heavy (non-hydrogen) atoms. The summed E-state index contributed by atoms with van der Waals surface area (Å²) in [7, 11) is 1.46. The van der Waals surface area contributed by atoms with E-state index in [1.165, 1.54) is 43.5 Å². The molecule has 12 heteroatoms. The van der Waals surface area contributed by atoms with Crippen molar-refractivity contribution in [2.75, 3.05) is 19.0 Å². The number of hydrogen-bond acceptors (Lipinski definition) is 6. The molecular formula is C27H28FN7O4. The molecular weight excluding hydrogens is 505 g/mol. The molecule has 4 rings (SSSR count). The number of nitrogens with one attached hydrogen (secondary N) is 2. The van der Waals surface area contributed by atoms with Crippen LogP contribution in [0, 0.1) is 12.7 Å². The van der Waals surface area contributed by atoms with Crippen molar-refractivity contribution < 1.29 is 23.5 Å². The fourth-order valence-electron chi connectivity index (χ4n) is 4.05. The number of nitrogens with zero attached hydrogens (tertiary/aromatic N) is 4. The number of aryl methyl sites for hydroxylation is 2. The number of allylic oxidation sites excluding steroid dienone is 1. The largest absolute Gasteiger partial charge is 0.494 e. The van der Waals surface area contributed by atoms with Crippen molar-refractivity contribution in [2.45, 2.75) is 26.9 Å². The van der Waals surface area contributed by atoms with Crippen LogP contribution < -0.4 is 21.1 Å². The first kappa shape index (κ1) is 27.0. The van der Waals surface area contributed by atoms with Crippen LogP contribution in [-0.2, 0) is 13.1 Å². The van der Waals surface area contributed by atoms with Gasteiger partial charge in [-0.25, -0.2) is 9.37 Å². The van der Waals surface area contributed by atoms with E-state index in [-0.39, 0.29) is 30.5 Å². The van der Waals surface area contributed by atoms with Gasteiger partial charge < -0.3 is 20.4 Å². The fraction of sp³-hybridized carbons (Fsp3) is 0.222. The van der Waals surface area contributed by atoms with Crippen LogP contribution in [0.15, 0.2) is 54.6 Å². The number of primary amides is 1. The van der Waals surface area contributed by atoms with Crippen molar-refractivity contribution in [1.29, 1.82) is 0 Å². The quantitative estimate of drug-likeness (QED) is 0.267. The van der Waals surface area contributed by atoms with Gasteiger partial charge in [0.1, 0.15) is 22.8 Å². The van der Waals surface area contributed by atoms with E-state index >= 15 is 0 Å². The topological polar surface area (TPSA) is 146 Å². The van der Waals surface area contributed by atoms with Gasteiger partial charge in [-0.1, -0.05) is 12.2 Å². The summed E-state index contributed by atoms with van der Waals surface area (Å²) in [5.41, 5.74) is 8.04. The van der Waals surface area contributed by atoms with Crippen LogP contribution in [0.4, 0.5) is 10.3 Å². The lowest BCUT2D eigenvalue weighted by Gasteiger charge is -2.11. The zero-order chi connectivity index (χ0) is 28.1. The maximum atomic E-state index is 13.2. The van der Waals surface area contributed by atoms with E-state index < -0.39 is 17.6 Å². The van der Waals surface area contributed by atoms with Crippen molar-refractivity contribution in [3.63, 3.8) is 0 Å². The minimum atomic E-state index is -0.644. The predicted octanol–water partition coefficient (Wildman–Crippen LogP) is 3.05. The van der Waals surface area contributed by atoms with Gasteiger partial charge >= 0.3 is 0 Å². The van der Waals surface area contributed by atoms with Gasteiger partial charge in [-0.2, -0.15) is 5.10 Å². The maximum absolute atomic E-state index is 13.2. The molecule has 0 saturated carbocycles. The third kappa shape index (κ3) is 5.95. The Labute approximate surface area is 223 Å². The molecule has 0 aliphatic heterocycles. The van der Waals surface area contributed by atoms with Gasteiger partial charge in [-0.3, -0.25) is 24.4 Å². The zero-order valence-corrected chi connectivity index (χ0v) is 21.7. The number of rotatable bonds is 10. The molecule has 11 nitrogen and oxygen atoms in total. The van der Waals surface area contributed by atoms with Gasteiger partial charge in [-0.05, 0) is 56.3 Å². The van der Waals surface area contributed by atoms with E-state index in [2.05, 4.69) is 20.7 Å². The number of amides is 3. The fourth-order valence-corrected chi connectivity index (χ4v) is 4.05. The van der Waals surface area contributed by atoms with Crippen LogP contribution in [0.25, 0.3) is 11.0 Å². The Morgan fingerprint density at radius 2 is 1.82 bits per heavy atom. The second kappa shape index (κ2) is 11.6. The molecule has 0 unspecified atom stereocenters. The van der Waals surface area contributed by atoms with E-state index in [0.29, 0.717) is 40.3 Å². The number of methoxy groups -OCH3 is 1. The number of benzene rings is 2. The summed E-state index contributed by atoms with van der Waals surface area (Å²) in [6.45, 7) is 4.65. The molecule has 4 N–H and O–H groups in total. The Bertz CT molecular complexity index is 1570. The molecule has 0 spiro atoms. The molecule has 0 radical (unpaired) electrons. The number of ether oxygens (including phenoxy) is 1. The number of imidazole rings is 1. The maximum Gasteiger partial charge on any atom is 0.276 e. The second-order valence-electron chi connectivity index (χ2n) is 8.59. The van der Waals surface area contributed by atoms with Gasteiger partial charge in [0, 0.05) is 30.8 Å². The first-order chi connectivity index (χ1) is 18.7. The van der Waals surface area contributed by atoms with E-state index in [0.717, 1.165) is 0 Å². The van der Waals surface area contributed by atoms with Crippen molar-refractivity contribution in [3.05, 3.63) is 82.9 Å². The number of halogens is 1. The Morgan fingerprint density at radius 3 is 2.49 bits per heavy atom. The van der Waals surface area contributed by atoms with Crippen LogP contribution in [0.2, 0.25) is 0 Å². The van der Waals surface area contributed by atoms with Crippen LogP contribution in [-0.4, -0.2) is 50.7 Å². The third-order valence-corrected chi connectivity index (χ3v) is 5.91. The Balaban J connectivity index is 1.61. The number of fused-ring (bicyclic) bond motifs is 1. The molecule has 202 valence electrons. The Kier molecular flexibility index (Phi) is 8.04. The number of carbonyl (C=O) groups is 3. The molecule has 4 aromatic rings. The average molecular weight is 534 g/mol. The first-order valence-electron chi connectivity index (χ1n) is 12.1. The van der Waals surface area contributed by atoms with Gasteiger partial charge in [0.25, 0.3) is 11.8 Å². The van der Waals surface area contributed by atoms with Crippen LogP contribution >= 0.6 is 0 Å². The number of carbonyl (C=O) groups excluding carboxylic acids is 3. The van der Waals surface area contributed by atoms with Crippen molar-refractivity contribution >= 4 is 34.7 Å². The Hall–Kier alpha value is -5.00. The lowest BCUT2D eigenvalue weighted by Crippen LogP contribution is -2.23. The molecule has 2 aromatic carbocycles. The molecule has 0 bridgehead atoms. The lowest BCUT2D eigenvalue weighted by atomic mass is 10.1. The standard InChI is InChI=1S/C27H28FN7O4/c1-4-35-21(13-16(2)33-35)26(38)32-27-31-20-14-18(24(29)36)15-22(39-3)23(20)34(27)12-6-5-11-30-25(37)17-7-9-19(28)10-8-17/h5-10,13-15H,4,11-12H2,1-3H3,(H2,29,36)(H,30,37)(H,31,32,38)/b6-5+. The van der Waals surface area contributed by atoms with Gasteiger partial charge in [-0.15, -0.1) is 0 Å². The lowest BCUT2D eigenvalue weighted by molar-refractivity contribution is 0.0955. The molecule has 2 heterocycles. The van der Waals surface area contributed by atoms with Crippen molar-refractivity contribution in [1.82, 2.24) is 24.6 Å². The van der Waals surface area contributed by atoms with E-state index in [4.69, 9.17) is 10.5 Å². The monoisotopic (exact) mass is 533 g/mol. The van der Waals surface area contributed by atoms with E-state index in [9.17, 15) is 18.8 Å². The minimum absolute atomic E-state index is 0.209. The second-order valence-corrected chi connectivity index (χ2v) is 8.59. The number of hydrogen-bond donors (Lipinski definition) is 3. The van der Waals surface area contributed by atoms with Crippen molar-refractivity contribution in [3.8, 4) is 5.75 Å². The third-order valence-electron chi connectivity index (χ3n) is 5.91. The van der Waals surface area contributed by atoms with Gasteiger partial charge in [0.05, 0.1) is 18.3 Å². The number of anilines is 1. The highest BCUT2D eigenvalue weighted by Crippen LogP contribution is 2.31. The molecule has 0 fully saturated rings. The summed E-state index contributed by atoms with van der Waals surface area (Å²) >= 11 is 0. The van der Waals surface area contributed by atoms with E-state index in [1.54, 1.807) is 34.4 Å². The summed E-state index contributed by atoms with van der Waals surface area (Å²) in [4.78, 5) is 41.8. The SMILES string of the molecule is CCn1nc(C)cc1C(=O)Nc1nc2cc(C(N)=O)cc(OC)c2n1C/C=C/CNC(=O)c1ccc(F)cc1. The molecule has 2 aromatic heterocycles. The van der Waals surface area contributed by atoms with Crippen LogP contribution in [0.1, 0.15) is 43.8 Å². The van der Waals surface area contributed by atoms with Crippen LogP contribution in [0.3, 0.4) is 0 Å². The zero-order valence-electron chi connectivity index (χ0n) is 21.7. The summed E-state index contributed by atoms with van der Waals surface area (Å²) in [6, 6.07) is 9.96. The van der Waals surface area contributed by atoms with Crippen molar-refractivity contribution in [2.24, 2.45) is 5.73 Å². The predicted molar refractivity (Wildman–Crippen MR) is 143 cm³/mol. The van der Waals surface area contributed by atoms with E-state index in [1.807, 2.05) is 6.92 Å². The molecule has 0 aliphatic rings. The molecule has 0 saturated heterocycles. The summed E-state index contributed by atoms with van der Waals surface area (Å²) in [5, 5.41) is 9.89. The summed E-state index contributed by atoms with van der Waals surface area (Å²) < 4.78 is 21.9. The molecule has 3 amide bonds. The highest BCUT2D eigenvalue weighted by molar-refractivity contribution is 6.04. The average Bonchev–Trinajstić information content (AvgIpc) is 3.47. The highest BCUT2D eigenvalue weighted by Gasteiger charge is 2.21. The highest BCUT2D eigenvalue weighted by atomic mass is 19.1. The van der Waals surface area contributed by atoms with Gasteiger partial charge in [0.2, 0.25) is 11.9 Å². The number of nitrogens with two attached hydrogens (primary N) is 1. The summed E-state index contributed by atoms with van der Waals surface area (Å²) in [5.74, 6) is -1.25. The smallest absolute Gasteiger partial charge is 0.276 e. The minimum Gasteiger partial charge on any atom is -0.494 e. The number of aromatic nitrogens is 4. The molecule has 0 atom stereocenters. The van der Waals surface area contributed by atoms with Gasteiger partial charge in [0.15, 0.2) is 0 Å². The normalized spacial score (nSPS) is 11.2. The first-order valence-corrected chi connectivity index (χ1v) is 12.1. The Morgan fingerprint density at radius 1 is 1.08 bits per heavy atom. The molecule has 0 aliphatic carbocycles. The van der Waals surface area contributed by atoms with Crippen LogP contribution in [0.5, 0.6) is 5.75 Å². The summed E-state index contributed by atoms with van der Waals surface area (Å²) in [6.07, 6.45) is 3.52.